The van der Waals surface area contributed by atoms with Gasteiger partial charge in [-0.2, -0.15) is 0 Å². The molecular formula is C15H20O6. The van der Waals surface area contributed by atoms with E-state index in [1.165, 1.54) is 31.2 Å². The lowest BCUT2D eigenvalue weighted by Gasteiger charge is -2.25. The highest BCUT2D eigenvalue weighted by Crippen LogP contribution is 2.16. The molecule has 0 fully saturated rings. The maximum atomic E-state index is 11.7. The van der Waals surface area contributed by atoms with Crippen LogP contribution in [0.5, 0.6) is 0 Å². The van der Waals surface area contributed by atoms with E-state index in [1.54, 1.807) is 19.9 Å². The van der Waals surface area contributed by atoms with Crippen molar-refractivity contribution in [3.63, 3.8) is 0 Å². The highest BCUT2D eigenvalue weighted by atomic mass is 16.6. The van der Waals surface area contributed by atoms with Crippen LogP contribution < -0.4 is 0 Å². The molecule has 1 heterocycles. The Morgan fingerprint density at radius 1 is 1.48 bits per heavy atom. The fourth-order valence-electron chi connectivity index (χ4n) is 1.50. The lowest BCUT2D eigenvalue weighted by atomic mass is 10.1. The first-order valence-corrected chi connectivity index (χ1v) is 6.62. The Hall–Kier alpha value is -1.92. The quantitative estimate of drug-likeness (QED) is 0.439. The van der Waals surface area contributed by atoms with E-state index in [1.807, 2.05) is 0 Å². The van der Waals surface area contributed by atoms with Crippen LogP contribution >= 0.6 is 0 Å². The van der Waals surface area contributed by atoms with Crippen LogP contribution in [0.4, 0.5) is 0 Å². The highest BCUT2D eigenvalue weighted by molar-refractivity contribution is 5.88. The van der Waals surface area contributed by atoms with Crippen LogP contribution in [0, 0.1) is 0 Å². The lowest BCUT2D eigenvalue weighted by Crippen LogP contribution is -2.36. The van der Waals surface area contributed by atoms with Crippen LogP contribution in [0.3, 0.4) is 0 Å². The molecule has 0 aliphatic carbocycles. The van der Waals surface area contributed by atoms with E-state index in [4.69, 9.17) is 9.47 Å². The summed E-state index contributed by atoms with van der Waals surface area (Å²) < 4.78 is 10.3. The zero-order chi connectivity index (χ0) is 16.0. The van der Waals surface area contributed by atoms with Crippen LogP contribution in [0.2, 0.25) is 0 Å². The SMILES string of the molecule is C/C=C(\C)C(=O)O[C@H]1C=CC(=O)O[C@H]1/C=C/[C@@H](O)[C@H](C)O. The Balaban J connectivity index is 2.81. The number of hydrogen-bond acceptors (Lipinski definition) is 6. The zero-order valence-electron chi connectivity index (χ0n) is 12.2. The maximum absolute atomic E-state index is 11.7. The number of carbonyl (C=O) groups is 2. The summed E-state index contributed by atoms with van der Waals surface area (Å²) in [5, 5.41) is 18.7. The van der Waals surface area contributed by atoms with Crippen LogP contribution in [0.1, 0.15) is 20.8 Å². The molecule has 21 heavy (non-hydrogen) atoms. The average Bonchev–Trinajstić information content (AvgIpc) is 2.45. The molecule has 0 saturated heterocycles. The summed E-state index contributed by atoms with van der Waals surface area (Å²) in [5.74, 6) is -1.08. The summed E-state index contributed by atoms with van der Waals surface area (Å²) in [4.78, 5) is 23.0. The monoisotopic (exact) mass is 296 g/mol. The molecule has 0 aromatic rings. The molecule has 0 amide bonds. The van der Waals surface area contributed by atoms with Crippen molar-refractivity contribution >= 4 is 11.9 Å². The van der Waals surface area contributed by atoms with Crippen molar-refractivity contribution in [3.05, 3.63) is 36.0 Å². The molecule has 1 aliphatic heterocycles. The number of allylic oxidation sites excluding steroid dienone is 1. The maximum Gasteiger partial charge on any atom is 0.334 e. The van der Waals surface area contributed by atoms with E-state index >= 15 is 0 Å². The van der Waals surface area contributed by atoms with Crippen LogP contribution in [-0.4, -0.2) is 46.6 Å². The molecule has 1 rings (SSSR count). The van der Waals surface area contributed by atoms with Gasteiger partial charge in [0.05, 0.1) is 12.2 Å². The molecule has 0 saturated carbocycles. The van der Waals surface area contributed by atoms with E-state index in [0.717, 1.165) is 0 Å². The first-order chi connectivity index (χ1) is 9.85. The molecule has 0 radical (unpaired) electrons. The molecule has 0 aromatic carbocycles. The smallest absolute Gasteiger partial charge is 0.334 e. The molecule has 1 aliphatic rings. The second-order valence-corrected chi connectivity index (χ2v) is 4.72. The van der Waals surface area contributed by atoms with Crippen LogP contribution in [0.15, 0.2) is 36.0 Å². The number of rotatable bonds is 5. The van der Waals surface area contributed by atoms with Gasteiger partial charge in [0.15, 0.2) is 12.2 Å². The van der Waals surface area contributed by atoms with Crippen molar-refractivity contribution in [2.75, 3.05) is 0 Å². The minimum absolute atomic E-state index is 0.437. The number of esters is 2. The highest BCUT2D eigenvalue weighted by Gasteiger charge is 2.28. The third-order valence-corrected chi connectivity index (χ3v) is 2.99. The predicted octanol–water partition coefficient (Wildman–Crippen LogP) is 0.644. The van der Waals surface area contributed by atoms with Gasteiger partial charge in [-0.3, -0.25) is 0 Å². The average molecular weight is 296 g/mol. The molecule has 6 heteroatoms. The standard InChI is InChI=1S/C15H20O6/c1-4-9(2)15(19)21-13-7-8-14(18)20-12(13)6-5-11(17)10(3)16/h4-8,10-13,16-17H,1-3H3/b6-5+,9-4+/t10-,11+,12-,13-/m0/s1. The van der Waals surface area contributed by atoms with Gasteiger partial charge in [0.1, 0.15) is 0 Å². The summed E-state index contributed by atoms with van der Waals surface area (Å²) in [7, 11) is 0. The van der Waals surface area contributed by atoms with Crippen molar-refractivity contribution in [1.29, 1.82) is 0 Å². The van der Waals surface area contributed by atoms with Gasteiger partial charge in [-0.15, -0.1) is 0 Å². The van der Waals surface area contributed by atoms with E-state index < -0.39 is 36.4 Å². The number of aliphatic hydroxyl groups excluding tert-OH is 2. The number of cyclic esters (lactones) is 1. The van der Waals surface area contributed by atoms with Gasteiger partial charge in [-0.1, -0.05) is 12.2 Å². The van der Waals surface area contributed by atoms with Gasteiger partial charge in [0, 0.05) is 11.6 Å². The molecule has 0 unspecified atom stereocenters. The van der Waals surface area contributed by atoms with Gasteiger partial charge in [0.25, 0.3) is 0 Å². The Bertz CT molecular complexity index is 475. The molecule has 2 N–H and O–H groups in total. The summed E-state index contributed by atoms with van der Waals surface area (Å²) in [5.41, 5.74) is 0.437. The first-order valence-electron chi connectivity index (χ1n) is 6.62. The van der Waals surface area contributed by atoms with Crippen LogP contribution in [0.25, 0.3) is 0 Å². The van der Waals surface area contributed by atoms with E-state index in [-0.39, 0.29) is 0 Å². The van der Waals surface area contributed by atoms with Crippen molar-refractivity contribution in [2.24, 2.45) is 0 Å². The largest absolute Gasteiger partial charge is 0.451 e. The summed E-state index contributed by atoms with van der Waals surface area (Å²) in [6.45, 7) is 4.75. The second-order valence-electron chi connectivity index (χ2n) is 4.72. The number of hydrogen-bond donors (Lipinski definition) is 2. The van der Waals surface area contributed by atoms with Crippen molar-refractivity contribution < 1.29 is 29.3 Å². The fraction of sp³-hybridized carbons (Fsp3) is 0.467. The van der Waals surface area contributed by atoms with Crippen molar-refractivity contribution in [1.82, 2.24) is 0 Å². The minimum atomic E-state index is -1.09. The van der Waals surface area contributed by atoms with Crippen molar-refractivity contribution in [2.45, 2.75) is 45.2 Å². The molecular weight excluding hydrogens is 276 g/mol. The number of aliphatic hydroxyl groups is 2. The van der Waals surface area contributed by atoms with Crippen LogP contribution in [-0.2, 0) is 19.1 Å². The molecule has 6 nitrogen and oxygen atoms in total. The summed E-state index contributed by atoms with van der Waals surface area (Å²) >= 11 is 0. The third kappa shape index (κ3) is 5.17. The molecule has 116 valence electrons. The van der Waals surface area contributed by atoms with Gasteiger partial charge < -0.3 is 19.7 Å². The Morgan fingerprint density at radius 3 is 2.71 bits per heavy atom. The zero-order valence-corrected chi connectivity index (χ0v) is 12.2. The van der Waals surface area contributed by atoms with Gasteiger partial charge in [-0.25, -0.2) is 9.59 Å². The van der Waals surface area contributed by atoms with Gasteiger partial charge in [0.2, 0.25) is 0 Å². The summed E-state index contributed by atoms with van der Waals surface area (Å²) in [6, 6.07) is 0. The van der Waals surface area contributed by atoms with Crippen molar-refractivity contribution in [3.8, 4) is 0 Å². The molecule has 0 aromatic heterocycles. The second kappa shape index (κ2) is 7.75. The first kappa shape index (κ1) is 17.1. The number of ether oxygens (including phenoxy) is 2. The van der Waals surface area contributed by atoms with E-state index in [2.05, 4.69) is 0 Å². The topological polar surface area (TPSA) is 93.1 Å². The Kier molecular flexibility index (Phi) is 6.33. The molecule has 0 spiro atoms. The van der Waals surface area contributed by atoms with Gasteiger partial charge >= 0.3 is 11.9 Å². The Labute approximate surface area is 123 Å². The normalized spacial score (nSPS) is 25.6. The molecule has 4 atom stereocenters. The Morgan fingerprint density at radius 2 is 2.14 bits per heavy atom. The van der Waals surface area contributed by atoms with E-state index in [9.17, 15) is 19.8 Å². The summed E-state index contributed by atoms with van der Waals surface area (Å²) in [6.07, 6.45) is 3.24. The number of carbonyl (C=O) groups excluding carboxylic acids is 2. The predicted molar refractivity (Wildman–Crippen MR) is 75.2 cm³/mol. The van der Waals surface area contributed by atoms with Gasteiger partial charge in [-0.05, 0) is 32.9 Å². The lowest BCUT2D eigenvalue weighted by molar-refractivity contribution is -0.157. The van der Waals surface area contributed by atoms with E-state index in [0.29, 0.717) is 5.57 Å². The molecule has 0 bridgehead atoms. The fourth-order valence-corrected chi connectivity index (χ4v) is 1.50. The minimum Gasteiger partial charge on any atom is -0.451 e. The third-order valence-electron chi connectivity index (χ3n) is 2.99.